The molecule has 0 aliphatic heterocycles. The van der Waals surface area contributed by atoms with Gasteiger partial charge in [-0.15, -0.1) is 0 Å². The smallest absolute Gasteiger partial charge is 0.254 e. The minimum Gasteiger partial charge on any atom is -1.00 e. The summed E-state index contributed by atoms with van der Waals surface area (Å²) in [5, 5.41) is 0. The third-order valence-electron chi connectivity index (χ3n) is 1.31. The summed E-state index contributed by atoms with van der Waals surface area (Å²) in [5.74, 6) is 0. The first-order valence-corrected chi connectivity index (χ1v) is 3.85. The van der Waals surface area contributed by atoms with Gasteiger partial charge in [0.2, 0.25) is 0 Å². The molecule has 4 heteroatoms. The van der Waals surface area contributed by atoms with Gasteiger partial charge < -0.3 is 12.4 Å². The molecular weight excluding hydrogens is 186 g/mol. The van der Waals surface area contributed by atoms with Gasteiger partial charge in [0.1, 0.15) is 0 Å². The van der Waals surface area contributed by atoms with Gasteiger partial charge in [0.05, 0.1) is 19.8 Å². The van der Waals surface area contributed by atoms with Crippen molar-refractivity contribution >= 4 is 12.0 Å². The van der Waals surface area contributed by atoms with E-state index in [1.54, 1.807) is 0 Å². The van der Waals surface area contributed by atoms with Gasteiger partial charge in [0.25, 0.3) is 6.34 Å². The van der Waals surface area contributed by atoms with E-state index < -0.39 is 0 Å². The van der Waals surface area contributed by atoms with E-state index in [2.05, 4.69) is 10.9 Å². The molecule has 2 N–H and O–H groups in total. The van der Waals surface area contributed by atoms with Crippen LogP contribution in [0.2, 0.25) is 0 Å². The van der Waals surface area contributed by atoms with Crippen molar-refractivity contribution in [1.82, 2.24) is 5.43 Å². The van der Waals surface area contributed by atoms with E-state index in [1.165, 1.54) is 0 Å². The summed E-state index contributed by atoms with van der Waals surface area (Å²) in [6, 6.07) is 9.95. The van der Waals surface area contributed by atoms with Crippen molar-refractivity contribution < 1.29 is 17.0 Å². The van der Waals surface area contributed by atoms with Crippen molar-refractivity contribution in [3.63, 3.8) is 0 Å². The lowest BCUT2D eigenvalue weighted by atomic mass is 10.3. The third kappa shape index (κ3) is 5.09. The zero-order valence-electron chi connectivity index (χ0n) is 7.79. The van der Waals surface area contributed by atoms with Gasteiger partial charge >= 0.3 is 0 Å². The third-order valence-corrected chi connectivity index (χ3v) is 1.31. The van der Waals surface area contributed by atoms with Gasteiger partial charge in [-0.1, -0.05) is 18.2 Å². The number of hydrogen-bond donors (Lipinski definition) is 2. The normalized spacial score (nSPS) is 8.15. The quantitative estimate of drug-likeness (QED) is 0.253. The number of rotatable bonds is 3. The summed E-state index contributed by atoms with van der Waals surface area (Å²) < 4.78 is 1.93. The van der Waals surface area contributed by atoms with Gasteiger partial charge in [-0.05, 0) is 12.1 Å². The molecule has 1 aromatic rings. The van der Waals surface area contributed by atoms with Crippen molar-refractivity contribution in [2.45, 2.75) is 0 Å². The Morgan fingerprint density at radius 2 is 1.77 bits per heavy atom. The summed E-state index contributed by atoms with van der Waals surface area (Å²) in [6.07, 6.45) is 1.84. The van der Waals surface area contributed by atoms with Crippen molar-refractivity contribution in [2.24, 2.45) is 0 Å². The van der Waals surface area contributed by atoms with E-state index in [0.29, 0.717) is 0 Å². The van der Waals surface area contributed by atoms with Crippen molar-refractivity contribution in [1.29, 1.82) is 0 Å². The van der Waals surface area contributed by atoms with Crippen LogP contribution in [0.1, 0.15) is 0 Å². The minimum atomic E-state index is 0. The molecule has 0 fully saturated rings. The van der Waals surface area contributed by atoms with Gasteiger partial charge in [-0.25, -0.2) is 5.43 Å². The zero-order valence-corrected chi connectivity index (χ0v) is 8.55. The molecule has 0 spiro atoms. The molecule has 72 valence electrons. The molecule has 0 unspecified atom stereocenters. The summed E-state index contributed by atoms with van der Waals surface area (Å²) in [4.78, 5) is 0. The number of anilines is 1. The Balaban J connectivity index is 0.00000144. The Hall–Kier alpha value is -1.22. The summed E-state index contributed by atoms with van der Waals surface area (Å²) in [5.41, 5.74) is 7.03. The number of hydrazine groups is 1. The predicted octanol–water partition coefficient (Wildman–Crippen LogP) is -2.09. The highest BCUT2D eigenvalue weighted by molar-refractivity contribution is 5.53. The highest BCUT2D eigenvalue weighted by atomic mass is 35.5. The van der Waals surface area contributed by atoms with Gasteiger partial charge in [-0.3, -0.25) is 4.58 Å². The Kier molecular flexibility index (Phi) is 5.72. The second kappa shape index (κ2) is 6.31. The van der Waals surface area contributed by atoms with Crippen LogP contribution in [0.4, 0.5) is 5.69 Å². The van der Waals surface area contributed by atoms with E-state index in [-0.39, 0.29) is 12.4 Å². The van der Waals surface area contributed by atoms with Gasteiger partial charge in [0, 0.05) is 0 Å². The average Bonchev–Trinajstić information content (AvgIpc) is 2.05. The molecule has 0 radical (unpaired) electrons. The summed E-state index contributed by atoms with van der Waals surface area (Å²) >= 11 is 0. The molecule has 0 amide bonds. The largest absolute Gasteiger partial charge is 1.00 e. The zero-order chi connectivity index (χ0) is 8.81. The van der Waals surface area contributed by atoms with Gasteiger partial charge in [-0.2, -0.15) is 5.43 Å². The molecule has 1 aromatic carbocycles. The van der Waals surface area contributed by atoms with Crippen LogP contribution < -0.4 is 23.3 Å². The molecule has 0 aliphatic rings. The molecule has 13 heavy (non-hydrogen) atoms. The molecule has 0 bridgehead atoms. The van der Waals surface area contributed by atoms with E-state index in [9.17, 15) is 0 Å². The highest BCUT2D eigenvalue weighted by Crippen LogP contribution is 2.01. The van der Waals surface area contributed by atoms with Crippen LogP contribution in [0.3, 0.4) is 0 Å². The number of para-hydroxylation sites is 1. The lowest BCUT2D eigenvalue weighted by Gasteiger charge is -1.98. The first kappa shape index (κ1) is 11.8. The van der Waals surface area contributed by atoms with Crippen LogP contribution in [0, 0.1) is 0 Å². The Bertz CT molecular complexity index is 255. The number of nitrogens with zero attached hydrogens (tertiary/aromatic N) is 1. The molecule has 0 heterocycles. The maximum Gasteiger partial charge on any atom is 0.254 e. The van der Waals surface area contributed by atoms with Crippen LogP contribution in [-0.2, 0) is 0 Å². The molecule has 0 saturated carbocycles. The maximum atomic E-state index is 3.03. The Morgan fingerprint density at radius 1 is 1.15 bits per heavy atom. The first-order chi connectivity index (χ1) is 5.79. The molecule has 1 rings (SSSR count). The maximum absolute atomic E-state index is 3.03. The topological polar surface area (TPSA) is 27.1 Å². The summed E-state index contributed by atoms with van der Waals surface area (Å²) in [6.45, 7) is 0. The van der Waals surface area contributed by atoms with E-state index in [1.807, 2.05) is 55.3 Å². The fourth-order valence-corrected chi connectivity index (χ4v) is 0.766. The lowest BCUT2D eigenvalue weighted by Crippen LogP contribution is -3.00. The standard InChI is InChI=1S/C9H13N3.ClH/c1-12(2)8-10-11-9-6-4-3-5-7-9;/h3-8,11H,1-2H3;1H. The number of hydrogen-bond acceptors (Lipinski definition) is 1. The highest BCUT2D eigenvalue weighted by Gasteiger charge is 1.87. The van der Waals surface area contributed by atoms with Crippen molar-refractivity contribution in [3.8, 4) is 0 Å². The summed E-state index contributed by atoms with van der Waals surface area (Å²) in [7, 11) is 3.92. The van der Waals surface area contributed by atoms with E-state index in [4.69, 9.17) is 0 Å². The van der Waals surface area contributed by atoms with Crippen LogP contribution in [0.25, 0.3) is 0 Å². The SMILES string of the molecule is C[N+](C)=CNNc1ccccc1.[Cl-]. The average molecular weight is 200 g/mol. The fourth-order valence-electron chi connectivity index (χ4n) is 0.766. The van der Waals surface area contributed by atoms with E-state index >= 15 is 0 Å². The predicted molar refractivity (Wildman–Crippen MR) is 51.4 cm³/mol. The first-order valence-electron chi connectivity index (χ1n) is 3.85. The van der Waals surface area contributed by atoms with Crippen LogP contribution >= 0.6 is 0 Å². The lowest BCUT2D eigenvalue weighted by molar-refractivity contribution is -0.461. The number of benzene rings is 1. The van der Waals surface area contributed by atoms with Crippen molar-refractivity contribution in [2.75, 3.05) is 19.5 Å². The second-order valence-electron chi connectivity index (χ2n) is 2.73. The molecule has 0 atom stereocenters. The van der Waals surface area contributed by atoms with Crippen molar-refractivity contribution in [3.05, 3.63) is 30.3 Å². The fraction of sp³-hybridized carbons (Fsp3) is 0.222. The molecule has 3 nitrogen and oxygen atoms in total. The van der Waals surface area contributed by atoms with Gasteiger partial charge in [0.15, 0.2) is 0 Å². The molecule has 0 aromatic heterocycles. The number of nitrogens with one attached hydrogen (secondary N) is 2. The molecule has 0 saturated heterocycles. The van der Waals surface area contributed by atoms with Crippen LogP contribution in [0.5, 0.6) is 0 Å². The monoisotopic (exact) mass is 199 g/mol. The molecular formula is C9H14ClN3. The Labute approximate surface area is 84.9 Å². The van der Waals surface area contributed by atoms with Crippen LogP contribution in [-0.4, -0.2) is 25.0 Å². The van der Waals surface area contributed by atoms with E-state index in [0.717, 1.165) is 5.69 Å². The number of halogens is 1. The molecule has 0 aliphatic carbocycles. The second-order valence-corrected chi connectivity index (χ2v) is 2.73. The Morgan fingerprint density at radius 3 is 2.31 bits per heavy atom. The minimum absolute atomic E-state index is 0. The van der Waals surface area contributed by atoms with Crippen LogP contribution in [0.15, 0.2) is 30.3 Å².